The second-order valence-electron chi connectivity index (χ2n) is 8.29. The van der Waals surface area contributed by atoms with Crippen LogP contribution in [-0.4, -0.2) is 16.7 Å². The lowest BCUT2D eigenvalue weighted by Gasteiger charge is -2.48. The van der Waals surface area contributed by atoms with Crippen molar-refractivity contribution in [3.05, 3.63) is 109 Å². The SMILES string of the molecule is O=C1[C@@H]2C3c4ccccc4C([N+](=O)[O-])(c4ccccc43)[C@H]2C(=O)N1c1ccc(Cl)c(Cl)c1. The first kappa shape index (κ1) is 19.5. The van der Waals surface area contributed by atoms with Crippen LogP contribution < -0.4 is 4.90 Å². The summed E-state index contributed by atoms with van der Waals surface area (Å²) < 4.78 is 0. The van der Waals surface area contributed by atoms with Crippen molar-refractivity contribution in [1.29, 1.82) is 0 Å². The van der Waals surface area contributed by atoms with Crippen LogP contribution in [-0.2, 0) is 15.1 Å². The minimum Gasteiger partial charge on any atom is -0.274 e. The molecule has 6 nitrogen and oxygen atoms in total. The molecule has 1 saturated heterocycles. The Bertz CT molecular complexity index is 1320. The summed E-state index contributed by atoms with van der Waals surface area (Å²) in [6.45, 7) is 0. The van der Waals surface area contributed by atoms with Crippen LogP contribution in [0.1, 0.15) is 28.2 Å². The Morgan fingerprint density at radius 2 is 1.44 bits per heavy atom. The van der Waals surface area contributed by atoms with Crippen molar-refractivity contribution in [2.45, 2.75) is 11.5 Å². The summed E-state index contributed by atoms with van der Waals surface area (Å²) in [4.78, 5) is 41.1. The largest absolute Gasteiger partial charge is 0.285 e. The van der Waals surface area contributed by atoms with Gasteiger partial charge in [-0.25, -0.2) is 4.90 Å². The Hall–Kier alpha value is -3.22. The van der Waals surface area contributed by atoms with E-state index in [9.17, 15) is 19.7 Å². The monoisotopic (exact) mass is 464 g/mol. The first-order valence-corrected chi connectivity index (χ1v) is 10.8. The Labute approximate surface area is 192 Å². The van der Waals surface area contributed by atoms with E-state index in [0.717, 1.165) is 16.0 Å². The molecule has 0 radical (unpaired) electrons. The lowest BCUT2D eigenvalue weighted by atomic mass is 9.51. The van der Waals surface area contributed by atoms with Crippen molar-refractivity contribution < 1.29 is 14.5 Å². The van der Waals surface area contributed by atoms with Gasteiger partial charge in [0.05, 0.1) is 21.7 Å². The summed E-state index contributed by atoms with van der Waals surface area (Å²) in [5.74, 6) is -3.54. The highest BCUT2D eigenvalue weighted by Gasteiger charge is 2.74. The molecule has 1 heterocycles. The number of hydrogen-bond donors (Lipinski definition) is 0. The minimum absolute atomic E-state index is 0.193. The number of rotatable bonds is 2. The fourth-order valence-corrected chi connectivity index (χ4v) is 6.21. The molecule has 0 N–H and O–H groups in total. The van der Waals surface area contributed by atoms with Gasteiger partial charge in [-0.1, -0.05) is 71.7 Å². The van der Waals surface area contributed by atoms with Gasteiger partial charge in [-0.2, -0.15) is 0 Å². The standard InChI is InChI=1S/C24H14Cl2N2O4/c25-17-10-9-12(11-18(17)26)27-22(29)20-19-13-5-1-3-7-15(13)24(28(31)32,21(20)23(27)30)16-8-4-2-6-14(16)19/h1-11,19-21H/t19?,20-,21-,24?/m1/s1. The van der Waals surface area contributed by atoms with Gasteiger partial charge < -0.3 is 0 Å². The molecule has 2 amide bonds. The van der Waals surface area contributed by atoms with Crippen molar-refractivity contribution in [2.24, 2.45) is 11.8 Å². The molecule has 1 fully saturated rings. The average molecular weight is 465 g/mol. The molecule has 32 heavy (non-hydrogen) atoms. The van der Waals surface area contributed by atoms with Crippen molar-refractivity contribution in [1.82, 2.24) is 0 Å². The number of carbonyl (C=O) groups is 2. The minimum atomic E-state index is -1.84. The Morgan fingerprint density at radius 3 is 2.00 bits per heavy atom. The van der Waals surface area contributed by atoms with Crippen molar-refractivity contribution in [2.75, 3.05) is 4.90 Å². The zero-order chi connectivity index (χ0) is 22.4. The third kappa shape index (κ3) is 2.11. The fourth-order valence-electron chi connectivity index (χ4n) is 5.92. The van der Waals surface area contributed by atoms with Crippen LogP contribution in [0.5, 0.6) is 0 Å². The van der Waals surface area contributed by atoms with Crippen molar-refractivity contribution in [3.63, 3.8) is 0 Å². The smallest absolute Gasteiger partial charge is 0.274 e. The number of anilines is 1. The Morgan fingerprint density at radius 1 is 0.844 bits per heavy atom. The maximum absolute atomic E-state index is 13.8. The lowest BCUT2D eigenvalue weighted by molar-refractivity contribution is -0.578. The second kappa shape index (κ2) is 6.40. The summed E-state index contributed by atoms with van der Waals surface area (Å²) in [7, 11) is 0. The maximum atomic E-state index is 13.8. The molecule has 1 aliphatic heterocycles. The molecule has 3 aromatic carbocycles. The molecule has 2 atom stereocenters. The van der Waals surface area contributed by atoms with E-state index in [4.69, 9.17) is 23.2 Å². The van der Waals surface area contributed by atoms with Gasteiger partial charge in [-0.05, 0) is 29.3 Å². The summed E-state index contributed by atoms with van der Waals surface area (Å²) in [5, 5.41) is 13.4. The quantitative estimate of drug-likeness (QED) is 0.310. The van der Waals surface area contributed by atoms with Gasteiger partial charge in [0.1, 0.15) is 5.92 Å². The van der Waals surface area contributed by atoms with Gasteiger partial charge in [-0.3, -0.25) is 19.7 Å². The second-order valence-corrected chi connectivity index (χ2v) is 9.10. The van der Waals surface area contributed by atoms with Gasteiger partial charge in [0.2, 0.25) is 11.8 Å². The summed E-state index contributed by atoms with van der Waals surface area (Å²) in [6, 6.07) is 18.6. The predicted molar refractivity (Wildman–Crippen MR) is 118 cm³/mol. The Kier molecular flexibility index (Phi) is 3.89. The van der Waals surface area contributed by atoms with Crippen LogP contribution in [0, 0.1) is 22.0 Å². The topological polar surface area (TPSA) is 80.5 Å². The van der Waals surface area contributed by atoms with Crippen LogP contribution in [0.15, 0.2) is 66.7 Å². The van der Waals surface area contributed by atoms with Crippen molar-refractivity contribution in [3.8, 4) is 0 Å². The van der Waals surface area contributed by atoms with E-state index in [1.54, 1.807) is 24.3 Å². The van der Waals surface area contributed by atoms with Gasteiger partial charge in [-0.15, -0.1) is 0 Å². The molecule has 0 spiro atoms. The van der Waals surface area contributed by atoms with Crippen LogP contribution in [0.2, 0.25) is 10.0 Å². The molecular formula is C24H14Cl2N2O4. The molecule has 0 saturated carbocycles. The highest BCUT2D eigenvalue weighted by molar-refractivity contribution is 6.42. The molecule has 8 heteroatoms. The average Bonchev–Trinajstić information content (AvgIpc) is 3.06. The zero-order valence-electron chi connectivity index (χ0n) is 16.4. The lowest BCUT2D eigenvalue weighted by Crippen LogP contribution is -2.57. The molecule has 0 unspecified atom stereocenters. The number of carbonyl (C=O) groups excluding carboxylic acids is 2. The van der Waals surface area contributed by atoms with Crippen LogP contribution in [0.25, 0.3) is 0 Å². The number of imide groups is 1. The molecular weight excluding hydrogens is 451 g/mol. The van der Waals surface area contributed by atoms with Crippen molar-refractivity contribution >= 4 is 40.7 Å². The van der Waals surface area contributed by atoms with Crippen LogP contribution >= 0.6 is 23.2 Å². The molecule has 7 rings (SSSR count). The van der Waals surface area contributed by atoms with Crippen LogP contribution in [0.4, 0.5) is 5.69 Å². The van der Waals surface area contributed by atoms with E-state index >= 15 is 0 Å². The normalized spacial score (nSPS) is 27.2. The summed E-state index contributed by atoms with van der Waals surface area (Å²) >= 11 is 12.2. The summed E-state index contributed by atoms with van der Waals surface area (Å²) in [6.07, 6.45) is 0. The van der Waals surface area contributed by atoms with E-state index < -0.39 is 35.1 Å². The number of halogens is 2. The van der Waals surface area contributed by atoms with E-state index in [0.29, 0.717) is 11.1 Å². The predicted octanol–water partition coefficient (Wildman–Crippen LogP) is 4.78. The van der Waals surface area contributed by atoms with E-state index in [1.807, 2.05) is 24.3 Å². The number of nitro groups is 1. The molecule has 3 aliphatic carbocycles. The molecule has 0 aromatic heterocycles. The zero-order valence-corrected chi connectivity index (χ0v) is 17.9. The maximum Gasteiger partial charge on any atom is 0.285 e. The first-order chi connectivity index (χ1) is 15.4. The molecule has 2 bridgehead atoms. The molecule has 158 valence electrons. The summed E-state index contributed by atoms with van der Waals surface area (Å²) in [5.41, 5.74) is 0.821. The number of amides is 2. The first-order valence-electron chi connectivity index (χ1n) is 10.0. The van der Waals surface area contributed by atoms with Gasteiger partial charge in [0.15, 0.2) is 0 Å². The molecule has 3 aromatic rings. The van der Waals surface area contributed by atoms with Gasteiger partial charge in [0.25, 0.3) is 5.54 Å². The van der Waals surface area contributed by atoms with Crippen LogP contribution in [0.3, 0.4) is 0 Å². The van der Waals surface area contributed by atoms with E-state index in [2.05, 4.69) is 0 Å². The van der Waals surface area contributed by atoms with Gasteiger partial charge >= 0.3 is 0 Å². The highest BCUT2D eigenvalue weighted by Crippen LogP contribution is 2.64. The van der Waals surface area contributed by atoms with Gasteiger partial charge in [0, 0.05) is 22.0 Å². The highest BCUT2D eigenvalue weighted by atomic mass is 35.5. The Balaban J connectivity index is 1.66. The number of hydrogen-bond acceptors (Lipinski definition) is 4. The third-order valence-corrected chi connectivity index (χ3v) is 7.76. The molecule has 4 aliphatic rings. The number of benzene rings is 3. The fraction of sp³-hybridized carbons (Fsp3) is 0.167. The third-order valence-electron chi connectivity index (χ3n) is 7.02. The number of nitrogens with zero attached hydrogens (tertiary/aromatic N) is 2. The van der Waals surface area contributed by atoms with E-state index in [-0.39, 0.29) is 20.7 Å². The van der Waals surface area contributed by atoms with E-state index in [1.165, 1.54) is 18.2 Å².